The summed E-state index contributed by atoms with van der Waals surface area (Å²) in [5, 5.41) is 30.7. The first-order chi connectivity index (χ1) is 15.1. The van der Waals surface area contributed by atoms with Gasteiger partial charge in [0.2, 0.25) is 0 Å². The van der Waals surface area contributed by atoms with Crippen molar-refractivity contribution < 1.29 is 19.9 Å². The maximum Gasteiger partial charge on any atom is 0.303 e. The molecule has 0 bridgehead atoms. The van der Waals surface area contributed by atoms with Gasteiger partial charge in [0.05, 0.1) is 23.5 Å². The first kappa shape index (κ1) is 21.4. The molecular weight excluding hydrogens is 396 g/mol. The number of nitrogens with zero attached hydrogens (tertiary/aromatic N) is 4. The van der Waals surface area contributed by atoms with E-state index in [1.165, 1.54) is 5.01 Å². The van der Waals surface area contributed by atoms with Gasteiger partial charge in [0, 0.05) is 12.0 Å². The van der Waals surface area contributed by atoms with E-state index in [1.54, 1.807) is 60.7 Å². The number of hydrogen-bond acceptors (Lipinski definition) is 6. The molecule has 0 aliphatic carbocycles. The summed E-state index contributed by atoms with van der Waals surface area (Å²) in [5.74, 6) is -1.35. The molecule has 0 aliphatic rings. The van der Waals surface area contributed by atoms with Crippen molar-refractivity contribution in [2.24, 2.45) is 15.5 Å². The van der Waals surface area contributed by atoms with Crippen molar-refractivity contribution in [3.63, 3.8) is 0 Å². The Balaban J connectivity index is 1.90. The zero-order valence-corrected chi connectivity index (χ0v) is 16.5. The third kappa shape index (κ3) is 5.83. The minimum absolute atomic E-state index is 0.0750. The minimum atomic E-state index is -0.987. The zero-order chi connectivity index (χ0) is 22.1. The third-order valence-corrected chi connectivity index (χ3v) is 4.36. The number of anilines is 1. The molecule has 0 heterocycles. The highest BCUT2D eigenvalue weighted by atomic mass is 16.4. The van der Waals surface area contributed by atoms with Crippen molar-refractivity contribution in [1.82, 2.24) is 0 Å². The largest absolute Gasteiger partial charge is 0.481 e. The Bertz CT molecular complexity index is 1080. The summed E-state index contributed by atoms with van der Waals surface area (Å²) in [6.45, 7) is 0. The second-order valence-corrected chi connectivity index (χ2v) is 6.50. The summed E-state index contributed by atoms with van der Waals surface area (Å²) in [4.78, 5) is 23.9. The molecule has 31 heavy (non-hydrogen) atoms. The van der Waals surface area contributed by atoms with Crippen LogP contribution in [0.25, 0.3) is 0 Å². The summed E-state index contributed by atoms with van der Waals surface area (Å²) in [7, 11) is 0. The van der Waals surface area contributed by atoms with Gasteiger partial charge in [-0.25, -0.2) is 0 Å². The lowest BCUT2D eigenvalue weighted by molar-refractivity contribution is -0.136. The summed E-state index contributed by atoms with van der Waals surface area (Å²) in [6.07, 6.45) is -0.0867. The highest BCUT2D eigenvalue weighted by Gasteiger charge is 2.18. The Kier molecular flexibility index (Phi) is 7.21. The molecule has 3 aromatic carbocycles. The number of carboxylic acids is 1. The summed E-state index contributed by atoms with van der Waals surface area (Å²) < 4.78 is 0. The Hall–Kier alpha value is -4.33. The van der Waals surface area contributed by atoms with Crippen molar-refractivity contribution in [2.45, 2.75) is 12.8 Å². The van der Waals surface area contributed by atoms with Crippen LogP contribution in [0.15, 0.2) is 100 Å². The van der Waals surface area contributed by atoms with E-state index in [2.05, 4.69) is 15.5 Å². The van der Waals surface area contributed by atoms with E-state index >= 15 is 0 Å². The third-order valence-electron chi connectivity index (χ3n) is 4.36. The first-order valence-electron chi connectivity index (χ1n) is 9.48. The van der Waals surface area contributed by atoms with Crippen LogP contribution in [-0.2, 0) is 4.79 Å². The number of carbonyl (C=O) groups is 2. The van der Waals surface area contributed by atoms with Crippen LogP contribution >= 0.6 is 0 Å². The average Bonchev–Trinajstić information content (AvgIpc) is 2.81. The SMILES string of the molecule is O=C(O)CC/C(=N/O)c1ccc(N(N=Nc2ccccc2)C(=O)c2ccccc2)cc1. The molecule has 8 heteroatoms. The van der Waals surface area contributed by atoms with Crippen LogP contribution in [0.2, 0.25) is 0 Å². The topological polar surface area (TPSA) is 115 Å². The van der Waals surface area contributed by atoms with Crippen molar-refractivity contribution >= 4 is 29.0 Å². The van der Waals surface area contributed by atoms with Crippen LogP contribution in [0.3, 0.4) is 0 Å². The first-order valence-corrected chi connectivity index (χ1v) is 9.48. The Morgan fingerprint density at radius 1 is 0.774 bits per heavy atom. The van der Waals surface area contributed by atoms with Gasteiger partial charge in [-0.2, -0.15) is 5.01 Å². The number of benzene rings is 3. The maximum absolute atomic E-state index is 13.1. The highest BCUT2D eigenvalue weighted by molar-refractivity contribution is 6.06. The van der Waals surface area contributed by atoms with E-state index in [4.69, 9.17) is 5.11 Å². The molecule has 1 amide bonds. The molecule has 0 saturated carbocycles. The van der Waals surface area contributed by atoms with Gasteiger partial charge in [-0.3, -0.25) is 9.59 Å². The van der Waals surface area contributed by atoms with Gasteiger partial charge in [0.25, 0.3) is 5.91 Å². The smallest absolute Gasteiger partial charge is 0.303 e. The quantitative estimate of drug-likeness (QED) is 0.231. The van der Waals surface area contributed by atoms with E-state index in [1.807, 2.05) is 24.3 Å². The summed E-state index contributed by atoms with van der Waals surface area (Å²) in [6, 6.07) is 24.3. The van der Waals surface area contributed by atoms with Crippen LogP contribution < -0.4 is 5.01 Å². The lowest BCUT2D eigenvalue weighted by atomic mass is 10.1. The fourth-order valence-corrected chi connectivity index (χ4v) is 2.78. The maximum atomic E-state index is 13.1. The molecule has 0 saturated heterocycles. The number of carboxylic acid groups (broad SMARTS) is 1. The van der Waals surface area contributed by atoms with Crippen molar-refractivity contribution in [3.05, 3.63) is 96.1 Å². The monoisotopic (exact) mass is 416 g/mol. The van der Waals surface area contributed by atoms with Crippen LogP contribution in [-0.4, -0.2) is 27.9 Å². The minimum Gasteiger partial charge on any atom is -0.481 e. The zero-order valence-electron chi connectivity index (χ0n) is 16.5. The molecule has 0 atom stereocenters. The number of rotatable bonds is 8. The predicted molar refractivity (Wildman–Crippen MR) is 116 cm³/mol. The van der Waals surface area contributed by atoms with E-state index in [9.17, 15) is 14.8 Å². The summed E-state index contributed by atoms with van der Waals surface area (Å²) >= 11 is 0. The molecule has 0 spiro atoms. The standard InChI is InChI=1S/C23H20N4O4/c28-22(29)16-15-21(25-31)17-11-13-20(14-12-17)27(23(30)18-7-3-1-4-8-18)26-24-19-9-5-2-6-10-19/h1-14,31H,15-16H2,(H,28,29)/b25-21-,26-24?. The van der Waals surface area contributed by atoms with Gasteiger partial charge in [-0.15, -0.1) is 5.11 Å². The molecule has 0 fully saturated rings. The number of carbonyl (C=O) groups excluding carboxylic acids is 1. The fourth-order valence-electron chi connectivity index (χ4n) is 2.78. The fraction of sp³-hybridized carbons (Fsp3) is 0.0870. The van der Waals surface area contributed by atoms with Crippen LogP contribution in [0.1, 0.15) is 28.8 Å². The molecule has 2 N–H and O–H groups in total. The highest BCUT2D eigenvalue weighted by Crippen LogP contribution is 2.22. The van der Waals surface area contributed by atoms with Gasteiger partial charge in [-0.05, 0) is 42.0 Å². The van der Waals surface area contributed by atoms with Crippen molar-refractivity contribution in [2.75, 3.05) is 5.01 Å². The van der Waals surface area contributed by atoms with Gasteiger partial charge in [0.15, 0.2) is 0 Å². The Morgan fingerprint density at radius 3 is 1.97 bits per heavy atom. The molecule has 0 unspecified atom stereocenters. The van der Waals surface area contributed by atoms with Gasteiger partial charge < -0.3 is 10.3 Å². The molecule has 0 radical (unpaired) electrons. The van der Waals surface area contributed by atoms with E-state index in [0.717, 1.165) is 0 Å². The Labute approximate surface area is 178 Å². The molecular formula is C23H20N4O4. The molecule has 3 rings (SSSR count). The summed E-state index contributed by atoms with van der Waals surface area (Å²) in [5.41, 5.74) is 2.26. The van der Waals surface area contributed by atoms with Gasteiger partial charge in [-0.1, -0.05) is 58.9 Å². The molecule has 3 aromatic rings. The second-order valence-electron chi connectivity index (χ2n) is 6.50. The lowest BCUT2D eigenvalue weighted by Gasteiger charge is -2.16. The van der Waals surface area contributed by atoms with Gasteiger partial charge >= 0.3 is 5.97 Å². The van der Waals surface area contributed by atoms with Crippen molar-refractivity contribution in [1.29, 1.82) is 0 Å². The van der Waals surface area contributed by atoms with E-state index < -0.39 is 5.97 Å². The number of oxime groups is 1. The molecule has 0 aromatic heterocycles. The van der Waals surface area contributed by atoms with Gasteiger partial charge in [0.1, 0.15) is 0 Å². The second kappa shape index (κ2) is 10.4. The number of aliphatic carboxylic acids is 1. The van der Waals surface area contributed by atoms with Crippen LogP contribution in [0.4, 0.5) is 11.4 Å². The Morgan fingerprint density at radius 2 is 1.39 bits per heavy atom. The normalized spacial score (nSPS) is 11.4. The number of hydrogen-bond donors (Lipinski definition) is 2. The predicted octanol–water partition coefficient (Wildman–Crippen LogP) is 5.08. The van der Waals surface area contributed by atoms with Crippen LogP contribution in [0, 0.1) is 0 Å². The number of amides is 1. The molecule has 8 nitrogen and oxygen atoms in total. The average molecular weight is 416 g/mol. The van der Waals surface area contributed by atoms with Crippen LogP contribution in [0.5, 0.6) is 0 Å². The van der Waals surface area contributed by atoms with E-state index in [0.29, 0.717) is 22.5 Å². The lowest BCUT2D eigenvalue weighted by Crippen LogP contribution is -2.25. The van der Waals surface area contributed by atoms with E-state index in [-0.39, 0.29) is 24.5 Å². The van der Waals surface area contributed by atoms with Crippen molar-refractivity contribution in [3.8, 4) is 0 Å². The molecule has 0 aliphatic heterocycles. The molecule has 156 valence electrons.